The Labute approximate surface area is 388 Å². The van der Waals surface area contributed by atoms with Gasteiger partial charge in [-0.3, -0.25) is 0 Å². The molecule has 0 unspecified atom stereocenters. The second-order valence-electron chi connectivity index (χ2n) is 17.0. The van der Waals surface area contributed by atoms with Crippen LogP contribution in [-0.4, -0.2) is 0 Å². The molecule has 0 heteroatoms. The molecular weight excluding hydrogens is 793 g/mol. The van der Waals surface area contributed by atoms with Crippen molar-refractivity contribution in [1.82, 2.24) is 0 Å². The van der Waals surface area contributed by atoms with Crippen LogP contribution in [0.15, 0.2) is 279 Å². The van der Waals surface area contributed by atoms with Gasteiger partial charge in [0.05, 0.1) is 0 Å². The molecule has 0 bridgehead atoms. The first-order valence-corrected chi connectivity index (χ1v) is 22.7. The largest absolute Gasteiger partial charge is 0.0622 e. The highest BCUT2D eigenvalue weighted by molar-refractivity contribution is 5.87. The fourth-order valence-electron chi connectivity index (χ4n) is 9.17. The summed E-state index contributed by atoms with van der Waals surface area (Å²) in [5.41, 5.74) is 23.9. The summed E-state index contributed by atoms with van der Waals surface area (Å²) in [4.78, 5) is 0. The molecule has 0 aromatic heterocycles. The van der Waals surface area contributed by atoms with Crippen LogP contribution in [0.4, 0.5) is 0 Å². The number of hydrogen-bond acceptors (Lipinski definition) is 0. The summed E-state index contributed by atoms with van der Waals surface area (Å²) in [6, 6.07) is 101. The van der Waals surface area contributed by atoms with E-state index in [0.29, 0.717) is 0 Å². The van der Waals surface area contributed by atoms with Gasteiger partial charge < -0.3 is 0 Å². The zero-order valence-electron chi connectivity index (χ0n) is 36.6. The molecule has 310 valence electrons. The SMILES string of the molecule is c1ccc(-c2cccc(-c3cccc(-c4cccc(-c5cc(-c6cccc(-c7cccc(-c8ccccc8)c7)c6)cc(-c6cccc(-c7cccc(-c8ccccc8)c7)c6)c5)c4)c3)c2)cc1. The topological polar surface area (TPSA) is 0 Å². The average Bonchev–Trinajstić information content (AvgIpc) is 3.42. The van der Waals surface area contributed by atoms with Crippen molar-refractivity contribution in [2.24, 2.45) is 0 Å². The molecule has 0 spiro atoms. The van der Waals surface area contributed by atoms with E-state index >= 15 is 0 Å². The van der Waals surface area contributed by atoms with Crippen molar-refractivity contribution in [3.63, 3.8) is 0 Å². The van der Waals surface area contributed by atoms with Gasteiger partial charge in [0.2, 0.25) is 0 Å². The second-order valence-corrected chi connectivity index (χ2v) is 17.0. The lowest BCUT2D eigenvalue weighted by Gasteiger charge is -2.15. The number of rotatable bonds is 10. The highest BCUT2D eigenvalue weighted by Crippen LogP contribution is 2.38. The van der Waals surface area contributed by atoms with E-state index in [9.17, 15) is 0 Å². The third-order valence-electron chi connectivity index (χ3n) is 12.6. The summed E-state index contributed by atoms with van der Waals surface area (Å²) >= 11 is 0. The van der Waals surface area contributed by atoms with Gasteiger partial charge in [0.25, 0.3) is 0 Å². The Kier molecular flexibility index (Phi) is 11.1. The molecule has 0 saturated heterocycles. The van der Waals surface area contributed by atoms with Gasteiger partial charge in [0.15, 0.2) is 0 Å². The second kappa shape index (κ2) is 18.3. The van der Waals surface area contributed by atoms with Crippen molar-refractivity contribution in [3.8, 4) is 111 Å². The maximum absolute atomic E-state index is 2.36. The Morgan fingerprint density at radius 3 is 0.394 bits per heavy atom. The van der Waals surface area contributed by atoms with E-state index in [4.69, 9.17) is 0 Å². The molecule has 11 rings (SSSR count). The molecular formula is C66H46. The molecule has 0 aliphatic heterocycles. The minimum atomic E-state index is 1.17. The predicted octanol–water partition coefficient (Wildman–Crippen LogP) is 18.4. The molecule has 11 aromatic carbocycles. The Morgan fingerprint density at radius 1 is 0.0909 bits per heavy atom. The third-order valence-corrected chi connectivity index (χ3v) is 12.6. The van der Waals surface area contributed by atoms with Gasteiger partial charge in [-0.25, -0.2) is 0 Å². The van der Waals surface area contributed by atoms with E-state index in [1.165, 1.54) is 111 Å². The molecule has 11 aromatic rings. The van der Waals surface area contributed by atoms with Crippen LogP contribution >= 0.6 is 0 Å². The lowest BCUT2D eigenvalue weighted by molar-refractivity contribution is 1.54. The van der Waals surface area contributed by atoms with Gasteiger partial charge >= 0.3 is 0 Å². The molecule has 0 aliphatic carbocycles. The van der Waals surface area contributed by atoms with E-state index in [1.54, 1.807) is 0 Å². The van der Waals surface area contributed by atoms with E-state index in [1.807, 2.05) is 0 Å². The normalized spacial score (nSPS) is 11.0. The highest BCUT2D eigenvalue weighted by atomic mass is 14.2. The lowest BCUT2D eigenvalue weighted by Crippen LogP contribution is -1.89. The van der Waals surface area contributed by atoms with Crippen molar-refractivity contribution in [2.75, 3.05) is 0 Å². The number of benzene rings is 11. The maximum Gasteiger partial charge on any atom is -0.0171 e. The fourth-order valence-corrected chi connectivity index (χ4v) is 9.17. The molecule has 0 saturated carbocycles. The molecule has 0 fully saturated rings. The fraction of sp³-hybridized carbons (Fsp3) is 0. The molecule has 66 heavy (non-hydrogen) atoms. The van der Waals surface area contributed by atoms with Crippen LogP contribution in [0.25, 0.3) is 111 Å². The van der Waals surface area contributed by atoms with Crippen LogP contribution in [-0.2, 0) is 0 Å². The van der Waals surface area contributed by atoms with Gasteiger partial charge in [-0.05, 0) is 172 Å². The first kappa shape index (κ1) is 40.2. The summed E-state index contributed by atoms with van der Waals surface area (Å²) in [6.45, 7) is 0. The standard InChI is InChI=1S/C66H46/c1-4-17-47(18-5-1)50-23-10-26-53(37-50)56-29-13-30-57(40-56)60-33-16-36-63(43-60)66-45-64(61-34-14-31-58(41-61)54-27-11-24-51(38-54)48-19-6-2-7-20-48)44-65(46-66)62-35-15-32-59(42-62)55-28-12-25-52(39-55)49-21-8-3-9-22-49/h1-46H. The minimum Gasteiger partial charge on any atom is -0.0622 e. The number of hydrogen-bond donors (Lipinski definition) is 0. The minimum absolute atomic E-state index is 1.17. The summed E-state index contributed by atoms with van der Waals surface area (Å²) < 4.78 is 0. The Morgan fingerprint density at radius 2 is 0.212 bits per heavy atom. The molecule has 0 amide bonds. The van der Waals surface area contributed by atoms with Crippen LogP contribution in [0.2, 0.25) is 0 Å². The highest BCUT2D eigenvalue weighted by Gasteiger charge is 2.13. The van der Waals surface area contributed by atoms with Gasteiger partial charge in [0.1, 0.15) is 0 Å². The van der Waals surface area contributed by atoms with Crippen LogP contribution in [0.3, 0.4) is 0 Å². The van der Waals surface area contributed by atoms with Gasteiger partial charge in [-0.15, -0.1) is 0 Å². The molecule has 0 heterocycles. The Hall–Kier alpha value is -8.58. The Balaban J connectivity index is 0.994. The molecule has 0 N–H and O–H groups in total. The smallest absolute Gasteiger partial charge is 0.0171 e. The zero-order chi connectivity index (χ0) is 44.1. The van der Waals surface area contributed by atoms with Gasteiger partial charge in [-0.1, -0.05) is 218 Å². The van der Waals surface area contributed by atoms with Crippen LogP contribution in [0, 0.1) is 0 Å². The van der Waals surface area contributed by atoms with E-state index in [0.717, 1.165) is 0 Å². The van der Waals surface area contributed by atoms with Crippen LogP contribution in [0.1, 0.15) is 0 Å². The monoisotopic (exact) mass is 838 g/mol. The predicted molar refractivity (Wildman–Crippen MR) is 281 cm³/mol. The summed E-state index contributed by atoms with van der Waals surface area (Å²) in [5, 5.41) is 0. The first-order chi connectivity index (χ1) is 32.7. The quantitative estimate of drug-likeness (QED) is 0.129. The van der Waals surface area contributed by atoms with Crippen molar-refractivity contribution in [2.45, 2.75) is 0 Å². The summed E-state index contributed by atoms with van der Waals surface area (Å²) in [6.07, 6.45) is 0. The summed E-state index contributed by atoms with van der Waals surface area (Å²) in [5.74, 6) is 0. The van der Waals surface area contributed by atoms with Crippen LogP contribution < -0.4 is 0 Å². The molecule has 0 aliphatic rings. The average molecular weight is 839 g/mol. The van der Waals surface area contributed by atoms with Crippen molar-refractivity contribution < 1.29 is 0 Å². The lowest BCUT2D eigenvalue weighted by atomic mass is 9.90. The molecule has 0 nitrogen and oxygen atoms in total. The van der Waals surface area contributed by atoms with E-state index in [2.05, 4.69) is 279 Å². The van der Waals surface area contributed by atoms with Crippen molar-refractivity contribution in [3.05, 3.63) is 279 Å². The van der Waals surface area contributed by atoms with Crippen LogP contribution in [0.5, 0.6) is 0 Å². The molecule has 0 atom stereocenters. The summed E-state index contributed by atoms with van der Waals surface area (Å²) in [7, 11) is 0. The van der Waals surface area contributed by atoms with Crippen molar-refractivity contribution in [1.29, 1.82) is 0 Å². The van der Waals surface area contributed by atoms with E-state index < -0.39 is 0 Å². The zero-order valence-corrected chi connectivity index (χ0v) is 36.6. The maximum atomic E-state index is 2.36. The molecule has 0 radical (unpaired) electrons. The Bertz CT molecular complexity index is 3310. The van der Waals surface area contributed by atoms with Gasteiger partial charge in [-0.2, -0.15) is 0 Å². The third kappa shape index (κ3) is 8.69. The first-order valence-electron chi connectivity index (χ1n) is 22.7. The van der Waals surface area contributed by atoms with Gasteiger partial charge in [0, 0.05) is 0 Å². The van der Waals surface area contributed by atoms with E-state index in [-0.39, 0.29) is 0 Å². The van der Waals surface area contributed by atoms with Crippen molar-refractivity contribution >= 4 is 0 Å².